The molecule has 1 aromatic rings. The van der Waals surface area contributed by atoms with Crippen LogP contribution in [0.15, 0.2) is 16.6 Å². The Balaban J connectivity index is 1.76. The molecule has 0 saturated carbocycles. The number of likely N-dealkylation sites (tertiary alicyclic amines) is 1. The SMILES string of the molecule is CC1CCC(C(=O)O)CN1Cc1cc(Br)c2c(c1)OCO2. The predicted octanol–water partition coefficient (Wildman–Crippen LogP) is 2.86. The number of halogens is 1. The molecule has 0 spiro atoms. The number of nitrogens with zero attached hydrogens (tertiary/aromatic N) is 1. The molecule has 0 bridgehead atoms. The summed E-state index contributed by atoms with van der Waals surface area (Å²) in [6, 6.07) is 4.39. The Kier molecular flexibility index (Phi) is 4.08. The van der Waals surface area contributed by atoms with Crippen molar-refractivity contribution in [2.24, 2.45) is 5.92 Å². The highest BCUT2D eigenvalue weighted by atomic mass is 79.9. The standard InChI is InChI=1S/C15H18BrNO4/c1-9-2-3-11(15(18)19)7-17(9)6-10-4-12(16)14-13(5-10)20-8-21-14/h4-5,9,11H,2-3,6-8H2,1H3,(H,18,19). The zero-order chi connectivity index (χ0) is 15.0. The van der Waals surface area contributed by atoms with Crippen LogP contribution >= 0.6 is 15.9 Å². The number of hydrogen-bond donors (Lipinski definition) is 1. The van der Waals surface area contributed by atoms with E-state index in [4.69, 9.17) is 9.47 Å². The molecular weight excluding hydrogens is 338 g/mol. The van der Waals surface area contributed by atoms with Crippen molar-refractivity contribution in [2.75, 3.05) is 13.3 Å². The van der Waals surface area contributed by atoms with Crippen LogP contribution in [-0.2, 0) is 11.3 Å². The molecule has 3 rings (SSSR count). The van der Waals surface area contributed by atoms with Gasteiger partial charge in [-0.2, -0.15) is 0 Å². The van der Waals surface area contributed by atoms with Gasteiger partial charge < -0.3 is 14.6 Å². The van der Waals surface area contributed by atoms with Crippen LogP contribution in [0.5, 0.6) is 11.5 Å². The lowest BCUT2D eigenvalue weighted by atomic mass is 9.93. The molecule has 1 saturated heterocycles. The number of hydrogen-bond acceptors (Lipinski definition) is 4. The van der Waals surface area contributed by atoms with Crippen molar-refractivity contribution in [1.82, 2.24) is 4.90 Å². The summed E-state index contributed by atoms with van der Waals surface area (Å²) in [5.74, 6) is 0.532. The summed E-state index contributed by atoms with van der Waals surface area (Å²) in [5.41, 5.74) is 1.10. The summed E-state index contributed by atoms with van der Waals surface area (Å²) in [5, 5.41) is 9.21. The number of benzene rings is 1. The molecule has 2 heterocycles. The van der Waals surface area contributed by atoms with Gasteiger partial charge in [-0.05, 0) is 53.4 Å². The van der Waals surface area contributed by atoms with Crippen LogP contribution in [0, 0.1) is 5.92 Å². The van der Waals surface area contributed by atoms with Crippen LogP contribution < -0.4 is 9.47 Å². The number of rotatable bonds is 3. The summed E-state index contributed by atoms with van der Waals surface area (Å²) in [6.45, 7) is 3.72. The van der Waals surface area contributed by atoms with Gasteiger partial charge in [-0.15, -0.1) is 0 Å². The molecule has 0 radical (unpaired) electrons. The Morgan fingerprint density at radius 3 is 3.00 bits per heavy atom. The van der Waals surface area contributed by atoms with Gasteiger partial charge in [-0.25, -0.2) is 0 Å². The van der Waals surface area contributed by atoms with E-state index in [0.717, 1.165) is 40.9 Å². The fraction of sp³-hybridized carbons (Fsp3) is 0.533. The van der Waals surface area contributed by atoms with E-state index in [2.05, 4.69) is 27.8 Å². The minimum Gasteiger partial charge on any atom is -0.481 e. The Labute approximate surface area is 132 Å². The van der Waals surface area contributed by atoms with Crippen molar-refractivity contribution in [3.8, 4) is 11.5 Å². The van der Waals surface area contributed by atoms with E-state index in [9.17, 15) is 9.90 Å². The molecule has 0 amide bonds. The van der Waals surface area contributed by atoms with Gasteiger partial charge in [0.2, 0.25) is 6.79 Å². The second-order valence-electron chi connectivity index (χ2n) is 5.70. The summed E-state index contributed by atoms with van der Waals surface area (Å²) < 4.78 is 11.7. The Bertz CT molecular complexity index is 563. The van der Waals surface area contributed by atoms with Crippen molar-refractivity contribution in [1.29, 1.82) is 0 Å². The van der Waals surface area contributed by atoms with Gasteiger partial charge in [0.05, 0.1) is 10.4 Å². The van der Waals surface area contributed by atoms with E-state index in [1.165, 1.54) is 0 Å². The fourth-order valence-electron chi connectivity index (χ4n) is 2.95. The van der Waals surface area contributed by atoms with Gasteiger partial charge in [0.15, 0.2) is 11.5 Å². The summed E-state index contributed by atoms with van der Waals surface area (Å²) in [7, 11) is 0. The maximum atomic E-state index is 11.2. The minimum absolute atomic E-state index is 0.249. The molecule has 2 atom stereocenters. The summed E-state index contributed by atoms with van der Waals surface area (Å²) >= 11 is 3.50. The maximum absolute atomic E-state index is 11.2. The van der Waals surface area contributed by atoms with Crippen molar-refractivity contribution < 1.29 is 19.4 Å². The molecule has 0 aromatic heterocycles. The molecule has 5 nitrogen and oxygen atoms in total. The number of piperidine rings is 1. The molecule has 114 valence electrons. The van der Waals surface area contributed by atoms with Crippen molar-refractivity contribution in [3.05, 3.63) is 22.2 Å². The van der Waals surface area contributed by atoms with Crippen LogP contribution in [0.2, 0.25) is 0 Å². The van der Waals surface area contributed by atoms with Gasteiger partial charge in [0.1, 0.15) is 0 Å². The van der Waals surface area contributed by atoms with Crippen LogP contribution in [0.4, 0.5) is 0 Å². The van der Waals surface area contributed by atoms with Gasteiger partial charge in [0.25, 0.3) is 0 Å². The first-order chi connectivity index (χ1) is 10.0. The molecule has 1 fully saturated rings. The average molecular weight is 356 g/mol. The molecule has 6 heteroatoms. The first kappa shape index (κ1) is 14.7. The average Bonchev–Trinajstić information content (AvgIpc) is 2.90. The monoisotopic (exact) mass is 355 g/mol. The quantitative estimate of drug-likeness (QED) is 0.903. The van der Waals surface area contributed by atoms with Gasteiger partial charge in [-0.3, -0.25) is 9.69 Å². The molecule has 0 aliphatic carbocycles. The second-order valence-corrected chi connectivity index (χ2v) is 6.56. The molecule has 2 unspecified atom stereocenters. The van der Waals surface area contributed by atoms with E-state index in [0.29, 0.717) is 12.6 Å². The summed E-state index contributed by atoms with van der Waals surface area (Å²) in [6.07, 6.45) is 1.68. The lowest BCUT2D eigenvalue weighted by molar-refractivity contribution is -0.144. The zero-order valence-corrected chi connectivity index (χ0v) is 13.4. The molecule has 2 aliphatic rings. The Hall–Kier alpha value is -1.27. The highest BCUT2D eigenvalue weighted by Crippen LogP contribution is 2.40. The maximum Gasteiger partial charge on any atom is 0.307 e. The highest BCUT2D eigenvalue weighted by Gasteiger charge is 2.30. The predicted molar refractivity (Wildman–Crippen MR) is 80.5 cm³/mol. The highest BCUT2D eigenvalue weighted by molar-refractivity contribution is 9.10. The van der Waals surface area contributed by atoms with Gasteiger partial charge in [-0.1, -0.05) is 0 Å². The largest absolute Gasteiger partial charge is 0.481 e. The summed E-state index contributed by atoms with van der Waals surface area (Å²) in [4.78, 5) is 13.4. The number of aliphatic carboxylic acids is 1. The van der Waals surface area contributed by atoms with Crippen molar-refractivity contribution in [3.63, 3.8) is 0 Å². The third kappa shape index (κ3) is 3.01. The molecule has 21 heavy (non-hydrogen) atoms. The van der Waals surface area contributed by atoms with Crippen molar-refractivity contribution >= 4 is 21.9 Å². The minimum atomic E-state index is -0.696. The van der Waals surface area contributed by atoms with Crippen LogP contribution in [-0.4, -0.2) is 35.4 Å². The van der Waals surface area contributed by atoms with E-state index in [1.807, 2.05) is 12.1 Å². The molecule has 1 aromatic carbocycles. The second kappa shape index (κ2) is 5.85. The van der Waals surface area contributed by atoms with E-state index >= 15 is 0 Å². The third-order valence-corrected chi connectivity index (χ3v) is 4.82. The lowest BCUT2D eigenvalue weighted by Crippen LogP contribution is -2.43. The normalized spacial score (nSPS) is 25.0. The van der Waals surface area contributed by atoms with Crippen LogP contribution in [0.25, 0.3) is 0 Å². The van der Waals surface area contributed by atoms with E-state index in [-0.39, 0.29) is 12.7 Å². The number of fused-ring (bicyclic) bond motifs is 1. The Morgan fingerprint density at radius 1 is 1.43 bits per heavy atom. The van der Waals surface area contributed by atoms with Crippen LogP contribution in [0.1, 0.15) is 25.3 Å². The first-order valence-electron chi connectivity index (χ1n) is 7.09. The fourth-order valence-corrected chi connectivity index (χ4v) is 3.55. The van der Waals surface area contributed by atoms with Crippen molar-refractivity contribution in [2.45, 2.75) is 32.4 Å². The van der Waals surface area contributed by atoms with Gasteiger partial charge in [0, 0.05) is 19.1 Å². The number of ether oxygens (including phenoxy) is 2. The smallest absolute Gasteiger partial charge is 0.307 e. The zero-order valence-electron chi connectivity index (χ0n) is 11.8. The van der Waals surface area contributed by atoms with Crippen LogP contribution in [0.3, 0.4) is 0 Å². The topological polar surface area (TPSA) is 59.0 Å². The van der Waals surface area contributed by atoms with Gasteiger partial charge >= 0.3 is 5.97 Å². The number of carboxylic acids is 1. The van der Waals surface area contributed by atoms with E-state index in [1.54, 1.807) is 0 Å². The molecule has 2 aliphatic heterocycles. The molecule has 1 N–H and O–H groups in total. The number of carbonyl (C=O) groups is 1. The first-order valence-corrected chi connectivity index (χ1v) is 7.88. The third-order valence-electron chi connectivity index (χ3n) is 4.23. The molecular formula is C15H18BrNO4. The van der Waals surface area contributed by atoms with E-state index < -0.39 is 5.97 Å². The lowest BCUT2D eigenvalue weighted by Gasteiger charge is -2.36. The Morgan fingerprint density at radius 2 is 2.24 bits per heavy atom. The number of carboxylic acid groups (broad SMARTS) is 1.